The van der Waals surface area contributed by atoms with E-state index in [1.807, 2.05) is 6.07 Å². The topological polar surface area (TPSA) is 47.8 Å². The predicted molar refractivity (Wildman–Crippen MR) is 73.8 cm³/mol. The lowest BCUT2D eigenvalue weighted by Crippen LogP contribution is -2.24. The molecule has 1 aliphatic carbocycles. The predicted octanol–water partition coefficient (Wildman–Crippen LogP) is 2.87. The Morgan fingerprint density at radius 2 is 2.16 bits per heavy atom. The van der Waals surface area contributed by atoms with Gasteiger partial charge in [0.1, 0.15) is 0 Å². The highest BCUT2D eigenvalue weighted by atomic mass is 35.5. The van der Waals surface area contributed by atoms with Crippen molar-refractivity contribution in [2.24, 2.45) is 0 Å². The van der Waals surface area contributed by atoms with E-state index >= 15 is 0 Å². The third kappa shape index (κ3) is 2.80. The highest BCUT2D eigenvalue weighted by Gasteiger charge is 2.25. The van der Waals surface area contributed by atoms with Crippen LogP contribution >= 0.6 is 23.2 Å². The van der Waals surface area contributed by atoms with Crippen molar-refractivity contribution in [1.29, 1.82) is 0 Å². The fraction of sp³-hybridized carbons (Fsp3) is 0.308. The van der Waals surface area contributed by atoms with Crippen LogP contribution in [0.4, 0.5) is 0 Å². The molecule has 0 radical (unpaired) electrons. The molecule has 0 saturated heterocycles. The van der Waals surface area contributed by atoms with Crippen LogP contribution in [0.1, 0.15) is 30.1 Å². The van der Waals surface area contributed by atoms with Crippen molar-refractivity contribution in [1.82, 2.24) is 14.5 Å². The van der Waals surface area contributed by atoms with Crippen LogP contribution in [0.15, 0.2) is 29.3 Å². The number of hydrogen-bond acceptors (Lipinski definition) is 3. The molecule has 0 unspecified atom stereocenters. The number of pyridine rings is 1. The standard InChI is InChI=1S/C13H11Cl2N3O/c14-9-5-10(15)12(16-6-9)7-18-4-3-11(8-1-2-8)17-13(18)19/h3-6,8H,1-2,7H2. The first-order valence-electron chi connectivity index (χ1n) is 6.01. The van der Waals surface area contributed by atoms with Gasteiger partial charge in [-0.1, -0.05) is 23.2 Å². The molecule has 1 aliphatic rings. The molecule has 0 N–H and O–H groups in total. The maximum Gasteiger partial charge on any atom is 0.348 e. The van der Waals surface area contributed by atoms with Crippen LogP contribution in [0.25, 0.3) is 0 Å². The van der Waals surface area contributed by atoms with Crippen molar-refractivity contribution < 1.29 is 0 Å². The van der Waals surface area contributed by atoms with Crippen molar-refractivity contribution in [2.45, 2.75) is 25.3 Å². The van der Waals surface area contributed by atoms with Crippen LogP contribution in [0.3, 0.4) is 0 Å². The molecule has 0 spiro atoms. The van der Waals surface area contributed by atoms with Crippen molar-refractivity contribution in [3.05, 3.63) is 56.4 Å². The summed E-state index contributed by atoms with van der Waals surface area (Å²) in [6.45, 7) is 0.298. The summed E-state index contributed by atoms with van der Waals surface area (Å²) in [6, 6.07) is 3.51. The molecule has 1 fully saturated rings. The van der Waals surface area contributed by atoms with Gasteiger partial charge >= 0.3 is 5.69 Å². The maximum atomic E-state index is 11.9. The molecule has 4 nitrogen and oxygen atoms in total. The second-order valence-corrected chi connectivity index (χ2v) is 5.46. The van der Waals surface area contributed by atoms with Crippen LogP contribution in [0.2, 0.25) is 10.0 Å². The average Bonchev–Trinajstić information content (AvgIpc) is 3.19. The number of nitrogens with zero attached hydrogens (tertiary/aromatic N) is 3. The summed E-state index contributed by atoms with van der Waals surface area (Å²) in [5.41, 5.74) is 1.22. The van der Waals surface area contributed by atoms with Gasteiger partial charge in [-0.25, -0.2) is 4.79 Å². The van der Waals surface area contributed by atoms with E-state index in [4.69, 9.17) is 23.2 Å². The first-order valence-corrected chi connectivity index (χ1v) is 6.76. The minimum atomic E-state index is -0.266. The van der Waals surface area contributed by atoms with Gasteiger partial charge in [-0.3, -0.25) is 9.55 Å². The van der Waals surface area contributed by atoms with E-state index in [1.165, 1.54) is 10.8 Å². The molecule has 2 aromatic rings. The first kappa shape index (κ1) is 12.6. The van der Waals surface area contributed by atoms with Crippen molar-refractivity contribution >= 4 is 23.2 Å². The maximum absolute atomic E-state index is 11.9. The lowest BCUT2D eigenvalue weighted by molar-refractivity contribution is 0.699. The van der Waals surface area contributed by atoms with E-state index in [-0.39, 0.29) is 5.69 Å². The number of hydrogen-bond donors (Lipinski definition) is 0. The minimum absolute atomic E-state index is 0.266. The SMILES string of the molecule is O=c1nc(C2CC2)ccn1Cc1ncc(Cl)cc1Cl. The molecule has 1 saturated carbocycles. The second-order valence-electron chi connectivity index (χ2n) is 4.62. The molecule has 2 aromatic heterocycles. The number of rotatable bonds is 3. The van der Waals surface area contributed by atoms with E-state index in [1.54, 1.807) is 12.3 Å². The molecule has 19 heavy (non-hydrogen) atoms. The minimum Gasteiger partial charge on any atom is -0.293 e. The summed E-state index contributed by atoms with van der Waals surface area (Å²) >= 11 is 11.8. The lowest BCUT2D eigenvalue weighted by Gasteiger charge is -2.07. The average molecular weight is 296 g/mol. The Labute approximate surface area is 120 Å². The van der Waals surface area contributed by atoms with Crippen molar-refractivity contribution in [2.75, 3.05) is 0 Å². The Bertz CT molecular complexity index is 680. The van der Waals surface area contributed by atoms with Crippen LogP contribution in [-0.4, -0.2) is 14.5 Å². The van der Waals surface area contributed by atoms with E-state index in [9.17, 15) is 4.79 Å². The van der Waals surface area contributed by atoms with Crippen LogP contribution < -0.4 is 5.69 Å². The van der Waals surface area contributed by atoms with Gasteiger partial charge in [-0.2, -0.15) is 4.98 Å². The van der Waals surface area contributed by atoms with Gasteiger partial charge in [-0.05, 0) is 25.0 Å². The zero-order valence-electron chi connectivity index (χ0n) is 10.0. The third-order valence-electron chi connectivity index (χ3n) is 3.10. The Kier molecular flexibility index (Phi) is 3.29. The fourth-order valence-electron chi connectivity index (χ4n) is 1.89. The molecule has 0 aliphatic heterocycles. The van der Waals surface area contributed by atoms with Gasteiger partial charge in [0.25, 0.3) is 0 Å². The Hall–Kier alpha value is -1.39. The van der Waals surface area contributed by atoms with E-state index in [0.717, 1.165) is 18.5 Å². The number of halogens is 2. The van der Waals surface area contributed by atoms with Crippen LogP contribution in [0.5, 0.6) is 0 Å². The largest absolute Gasteiger partial charge is 0.348 e. The molecule has 0 atom stereocenters. The molecular weight excluding hydrogens is 285 g/mol. The molecule has 0 amide bonds. The molecular formula is C13H11Cl2N3O. The van der Waals surface area contributed by atoms with E-state index in [2.05, 4.69) is 9.97 Å². The fourth-order valence-corrected chi connectivity index (χ4v) is 2.33. The van der Waals surface area contributed by atoms with Crippen LogP contribution in [-0.2, 0) is 6.54 Å². The first-order chi connectivity index (χ1) is 9.13. The Morgan fingerprint density at radius 1 is 1.37 bits per heavy atom. The summed E-state index contributed by atoms with van der Waals surface area (Å²) in [6.07, 6.45) is 5.51. The summed E-state index contributed by atoms with van der Waals surface area (Å²) < 4.78 is 1.49. The summed E-state index contributed by atoms with van der Waals surface area (Å²) in [7, 11) is 0. The van der Waals surface area contributed by atoms with Gasteiger partial charge in [0.15, 0.2) is 0 Å². The number of aromatic nitrogens is 3. The van der Waals surface area contributed by atoms with E-state index in [0.29, 0.717) is 28.2 Å². The van der Waals surface area contributed by atoms with Gasteiger partial charge in [0.05, 0.1) is 28.0 Å². The zero-order valence-corrected chi connectivity index (χ0v) is 11.5. The van der Waals surface area contributed by atoms with Crippen molar-refractivity contribution in [3.63, 3.8) is 0 Å². The van der Waals surface area contributed by atoms with Crippen LogP contribution in [0, 0.1) is 0 Å². The second kappa shape index (κ2) is 4.94. The zero-order chi connectivity index (χ0) is 13.4. The summed E-state index contributed by atoms with van der Waals surface area (Å²) in [5.74, 6) is 0.472. The van der Waals surface area contributed by atoms with Gasteiger partial charge < -0.3 is 0 Å². The highest BCUT2D eigenvalue weighted by molar-refractivity contribution is 6.34. The van der Waals surface area contributed by atoms with E-state index < -0.39 is 0 Å². The lowest BCUT2D eigenvalue weighted by atomic mass is 10.3. The summed E-state index contributed by atoms with van der Waals surface area (Å²) in [4.78, 5) is 20.1. The van der Waals surface area contributed by atoms with Gasteiger partial charge in [0.2, 0.25) is 0 Å². The Balaban J connectivity index is 1.88. The molecule has 0 bridgehead atoms. The smallest absolute Gasteiger partial charge is 0.293 e. The molecule has 2 heterocycles. The van der Waals surface area contributed by atoms with Gasteiger partial charge in [-0.15, -0.1) is 0 Å². The van der Waals surface area contributed by atoms with Crippen molar-refractivity contribution in [3.8, 4) is 0 Å². The molecule has 98 valence electrons. The third-order valence-corrected chi connectivity index (χ3v) is 3.63. The Morgan fingerprint density at radius 3 is 2.79 bits per heavy atom. The molecule has 6 heteroatoms. The normalized spacial score (nSPS) is 14.6. The quantitative estimate of drug-likeness (QED) is 0.875. The molecule has 3 rings (SSSR count). The summed E-state index contributed by atoms with van der Waals surface area (Å²) in [5, 5.41) is 0.925. The monoisotopic (exact) mass is 295 g/mol. The molecule has 0 aromatic carbocycles. The highest BCUT2D eigenvalue weighted by Crippen LogP contribution is 2.38. The van der Waals surface area contributed by atoms with Gasteiger partial charge in [0, 0.05) is 18.3 Å².